The summed E-state index contributed by atoms with van der Waals surface area (Å²) in [5, 5.41) is 3.52. The Balaban J connectivity index is 1.60. The summed E-state index contributed by atoms with van der Waals surface area (Å²) in [6.45, 7) is 3.34. The highest BCUT2D eigenvalue weighted by atomic mass is 35.5. The van der Waals surface area contributed by atoms with Crippen LogP contribution in [-0.2, 0) is 32.6 Å². The Labute approximate surface area is 295 Å². The van der Waals surface area contributed by atoms with Gasteiger partial charge in [0.2, 0.25) is 11.8 Å². The molecule has 49 heavy (non-hydrogen) atoms. The van der Waals surface area contributed by atoms with Crippen LogP contribution in [0.5, 0.6) is 5.75 Å². The number of benzene rings is 4. The molecule has 1 saturated carbocycles. The van der Waals surface area contributed by atoms with Gasteiger partial charge >= 0.3 is 0 Å². The van der Waals surface area contributed by atoms with Crippen LogP contribution in [0.1, 0.15) is 54.4 Å². The number of halogens is 1. The maximum atomic E-state index is 14.8. The van der Waals surface area contributed by atoms with Crippen molar-refractivity contribution >= 4 is 39.1 Å². The molecule has 0 radical (unpaired) electrons. The topological polar surface area (TPSA) is 96.0 Å². The minimum Gasteiger partial charge on any atom is -0.495 e. The number of amides is 2. The first-order valence-electron chi connectivity index (χ1n) is 16.7. The van der Waals surface area contributed by atoms with E-state index in [1.54, 1.807) is 24.3 Å². The molecule has 10 heteroatoms. The number of carbonyl (C=O) groups excluding carboxylic acids is 2. The molecule has 0 aromatic heterocycles. The highest BCUT2D eigenvalue weighted by Crippen LogP contribution is 2.35. The van der Waals surface area contributed by atoms with Gasteiger partial charge in [-0.2, -0.15) is 0 Å². The number of anilines is 1. The van der Waals surface area contributed by atoms with E-state index in [9.17, 15) is 18.0 Å². The van der Waals surface area contributed by atoms with E-state index in [0.717, 1.165) is 58.7 Å². The zero-order chi connectivity index (χ0) is 35.0. The Hall–Kier alpha value is -4.34. The summed E-state index contributed by atoms with van der Waals surface area (Å²) in [5.74, 6) is -0.571. The van der Waals surface area contributed by atoms with Gasteiger partial charge in [0.05, 0.1) is 17.7 Å². The van der Waals surface area contributed by atoms with Crippen LogP contribution in [-0.4, -0.2) is 50.9 Å². The lowest BCUT2D eigenvalue weighted by Crippen LogP contribution is -2.55. The molecule has 0 bridgehead atoms. The largest absolute Gasteiger partial charge is 0.495 e. The van der Waals surface area contributed by atoms with Crippen molar-refractivity contribution in [2.75, 3.05) is 18.0 Å². The standard InChI is InChI=1S/C39H44ClN3O5S/c1-28-17-20-34(21-18-28)49(46,47)43(35-25-32(40)19-22-37(35)48-3)27-38(44)42(26-31-14-10-11-29(2)23-31)36(24-30-12-6-4-7-13-30)39(45)41-33-15-8-5-9-16-33/h4,6-7,10-14,17-23,25,33,36H,5,8-9,15-16,24,26-27H2,1-3H3,(H,41,45)/t36-/m0/s1. The molecule has 1 fully saturated rings. The fourth-order valence-electron chi connectivity index (χ4n) is 6.31. The number of hydrogen-bond acceptors (Lipinski definition) is 5. The molecule has 0 spiro atoms. The third kappa shape index (κ3) is 9.22. The molecule has 4 aromatic carbocycles. The van der Waals surface area contributed by atoms with Crippen LogP contribution in [0.25, 0.3) is 0 Å². The zero-order valence-corrected chi connectivity index (χ0v) is 29.8. The molecular formula is C39H44ClN3O5S. The number of hydrogen-bond donors (Lipinski definition) is 1. The molecule has 8 nitrogen and oxygen atoms in total. The predicted octanol–water partition coefficient (Wildman–Crippen LogP) is 7.25. The Morgan fingerprint density at radius 3 is 2.22 bits per heavy atom. The summed E-state index contributed by atoms with van der Waals surface area (Å²) in [6.07, 6.45) is 5.22. The smallest absolute Gasteiger partial charge is 0.264 e. The number of sulfonamides is 1. The molecule has 1 aliphatic rings. The zero-order valence-electron chi connectivity index (χ0n) is 28.3. The van der Waals surface area contributed by atoms with Crippen molar-refractivity contribution in [1.82, 2.24) is 10.2 Å². The summed E-state index contributed by atoms with van der Waals surface area (Å²) in [7, 11) is -2.88. The lowest BCUT2D eigenvalue weighted by atomic mass is 9.94. The van der Waals surface area contributed by atoms with Crippen LogP contribution in [0.15, 0.2) is 102 Å². The maximum Gasteiger partial charge on any atom is 0.264 e. The number of nitrogens with zero attached hydrogens (tertiary/aromatic N) is 2. The van der Waals surface area contributed by atoms with Crippen LogP contribution in [0.2, 0.25) is 5.02 Å². The van der Waals surface area contributed by atoms with Crippen LogP contribution >= 0.6 is 11.6 Å². The van der Waals surface area contributed by atoms with Crippen molar-refractivity contribution in [3.63, 3.8) is 0 Å². The molecule has 258 valence electrons. The minimum atomic E-state index is -4.31. The van der Waals surface area contributed by atoms with E-state index in [0.29, 0.717) is 0 Å². The SMILES string of the molecule is COc1ccc(Cl)cc1N(CC(=O)N(Cc1cccc(C)c1)[C@@H](Cc1ccccc1)C(=O)NC1CCCCC1)S(=O)(=O)c1ccc(C)cc1. The average molecular weight is 702 g/mol. The van der Waals surface area contributed by atoms with Gasteiger partial charge in [0.25, 0.3) is 10.0 Å². The van der Waals surface area contributed by atoms with E-state index in [4.69, 9.17) is 16.3 Å². The molecule has 0 unspecified atom stereocenters. The summed E-state index contributed by atoms with van der Waals surface area (Å²) < 4.78 is 35.5. The third-order valence-corrected chi connectivity index (χ3v) is 11.0. The number of ether oxygens (including phenoxy) is 1. The van der Waals surface area contributed by atoms with E-state index >= 15 is 0 Å². The Kier molecular flexibility index (Phi) is 12.0. The minimum absolute atomic E-state index is 0.00837. The summed E-state index contributed by atoms with van der Waals surface area (Å²) in [6, 6.07) is 27.5. The molecule has 1 N–H and O–H groups in total. The van der Waals surface area contributed by atoms with Gasteiger partial charge in [0.1, 0.15) is 18.3 Å². The molecule has 1 atom stereocenters. The molecule has 0 aliphatic heterocycles. The van der Waals surface area contributed by atoms with Crippen molar-refractivity contribution < 1.29 is 22.7 Å². The monoisotopic (exact) mass is 701 g/mol. The summed E-state index contributed by atoms with van der Waals surface area (Å²) >= 11 is 6.41. The molecular weight excluding hydrogens is 658 g/mol. The molecule has 2 amide bonds. The lowest BCUT2D eigenvalue weighted by Gasteiger charge is -2.35. The number of methoxy groups -OCH3 is 1. The van der Waals surface area contributed by atoms with Crippen LogP contribution in [0, 0.1) is 13.8 Å². The van der Waals surface area contributed by atoms with Crippen LogP contribution < -0.4 is 14.4 Å². The van der Waals surface area contributed by atoms with Crippen molar-refractivity contribution in [3.8, 4) is 5.75 Å². The molecule has 4 aromatic rings. The second kappa shape index (κ2) is 16.4. The van der Waals surface area contributed by atoms with Gasteiger partial charge in [-0.1, -0.05) is 109 Å². The second-order valence-electron chi connectivity index (χ2n) is 12.7. The quantitative estimate of drug-likeness (QED) is 0.159. The Morgan fingerprint density at radius 1 is 0.857 bits per heavy atom. The molecule has 5 rings (SSSR count). The molecule has 0 heterocycles. The lowest BCUT2D eigenvalue weighted by molar-refractivity contribution is -0.140. The number of nitrogens with one attached hydrogen (secondary N) is 1. The average Bonchev–Trinajstić information content (AvgIpc) is 3.09. The van der Waals surface area contributed by atoms with Gasteiger partial charge in [0.15, 0.2) is 0 Å². The number of aryl methyl sites for hydroxylation is 2. The van der Waals surface area contributed by atoms with Gasteiger partial charge in [-0.05, 0) is 68.1 Å². The van der Waals surface area contributed by atoms with E-state index in [-0.39, 0.29) is 46.3 Å². The highest BCUT2D eigenvalue weighted by Gasteiger charge is 2.36. The third-order valence-electron chi connectivity index (χ3n) is 8.96. The van der Waals surface area contributed by atoms with E-state index in [2.05, 4.69) is 5.32 Å². The van der Waals surface area contributed by atoms with E-state index < -0.39 is 28.5 Å². The van der Waals surface area contributed by atoms with Crippen LogP contribution in [0.3, 0.4) is 0 Å². The van der Waals surface area contributed by atoms with Gasteiger partial charge in [0, 0.05) is 24.0 Å². The normalized spacial score (nSPS) is 14.1. The molecule has 0 saturated heterocycles. The van der Waals surface area contributed by atoms with Gasteiger partial charge in [-0.15, -0.1) is 0 Å². The van der Waals surface area contributed by atoms with Gasteiger partial charge < -0.3 is 15.0 Å². The van der Waals surface area contributed by atoms with Gasteiger partial charge in [-0.25, -0.2) is 8.42 Å². The summed E-state index contributed by atoms with van der Waals surface area (Å²) in [4.78, 5) is 30.7. The number of carbonyl (C=O) groups is 2. The van der Waals surface area contributed by atoms with E-state index in [1.807, 2.05) is 68.4 Å². The van der Waals surface area contributed by atoms with Crippen molar-refractivity contribution in [1.29, 1.82) is 0 Å². The second-order valence-corrected chi connectivity index (χ2v) is 15.0. The van der Waals surface area contributed by atoms with E-state index in [1.165, 1.54) is 30.2 Å². The predicted molar refractivity (Wildman–Crippen MR) is 194 cm³/mol. The first kappa shape index (κ1) is 36.0. The van der Waals surface area contributed by atoms with Crippen molar-refractivity contribution in [3.05, 3.63) is 124 Å². The summed E-state index contributed by atoms with van der Waals surface area (Å²) in [5.41, 5.74) is 3.72. The Bertz CT molecular complexity index is 1840. The fraction of sp³-hybridized carbons (Fsp3) is 0.333. The first-order valence-corrected chi connectivity index (χ1v) is 18.5. The highest BCUT2D eigenvalue weighted by molar-refractivity contribution is 7.92. The fourth-order valence-corrected chi connectivity index (χ4v) is 7.90. The van der Waals surface area contributed by atoms with Crippen molar-refractivity contribution in [2.24, 2.45) is 0 Å². The van der Waals surface area contributed by atoms with Crippen molar-refractivity contribution in [2.45, 2.75) is 75.9 Å². The van der Waals surface area contributed by atoms with Gasteiger partial charge in [-0.3, -0.25) is 13.9 Å². The first-order chi connectivity index (χ1) is 23.5. The van der Waals surface area contributed by atoms with Crippen LogP contribution in [0.4, 0.5) is 5.69 Å². The Morgan fingerprint density at radius 2 is 1.55 bits per heavy atom. The number of rotatable bonds is 13. The molecule has 1 aliphatic carbocycles. The maximum absolute atomic E-state index is 14.8.